The fourth-order valence-corrected chi connectivity index (χ4v) is 3.63. The summed E-state index contributed by atoms with van der Waals surface area (Å²) in [7, 11) is 0. The molecule has 2 aliphatic rings. The Balaban J connectivity index is 1.62. The highest BCUT2D eigenvalue weighted by Crippen LogP contribution is 2.30. The van der Waals surface area contributed by atoms with E-state index in [0.717, 1.165) is 36.1 Å². The van der Waals surface area contributed by atoms with Crippen molar-refractivity contribution in [3.8, 4) is 0 Å². The smallest absolute Gasteiger partial charge is 0.257 e. The summed E-state index contributed by atoms with van der Waals surface area (Å²) in [5.41, 5.74) is 1.82. The molecule has 0 radical (unpaired) electrons. The lowest BCUT2D eigenvalue weighted by atomic mass is 10.1. The minimum atomic E-state index is -0.133. The average Bonchev–Trinajstić information content (AvgIpc) is 3.22. The molecule has 1 aromatic rings. The van der Waals surface area contributed by atoms with Crippen LogP contribution in [0.1, 0.15) is 41.6 Å². The van der Waals surface area contributed by atoms with Gasteiger partial charge in [-0.2, -0.15) is 0 Å². The molecule has 1 aliphatic heterocycles. The molecule has 1 amide bonds. The summed E-state index contributed by atoms with van der Waals surface area (Å²) in [4.78, 5) is 14.6. The van der Waals surface area contributed by atoms with Gasteiger partial charge in [0.15, 0.2) is 5.11 Å². The molecule has 3 rings (SSSR count). The van der Waals surface area contributed by atoms with Crippen molar-refractivity contribution in [2.24, 2.45) is 5.92 Å². The van der Waals surface area contributed by atoms with Gasteiger partial charge in [0, 0.05) is 28.8 Å². The number of aryl methyl sites for hydroxylation is 1. The number of nitrogens with zero attached hydrogens (tertiary/aromatic N) is 1. The van der Waals surface area contributed by atoms with E-state index in [1.54, 1.807) is 0 Å². The number of hydrogen-bond acceptors (Lipinski definition) is 3. The van der Waals surface area contributed by atoms with Crippen LogP contribution >= 0.6 is 34.8 Å². The van der Waals surface area contributed by atoms with Gasteiger partial charge < -0.3 is 9.64 Å². The number of amides is 1. The van der Waals surface area contributed by atoms with Gasteiger partial charge >= 0.3 is 0 Å². The molecule has 0 spiro atoms. The molecule has 1 saturated carbocycles. The summed E-state index contributed by atoms with van der Waals surface area (Å²) in [6, 6.07) is 5.72. The monoisotopic (exact) mass is 458 g/mol. The summed E-state index contributed by atoms with van der Waals surface area (Å²) in [5.74, 6) is 0.577. The molecule has 24 heavy (non-hydrogen) atoms. The van der Waals surface area contributed by atoms with E-state index in [4.69, 9.17) is 17.0 Å². The van der Waals surface area contributed by atoms with Crippen molar-refractivity contribution < 1.29 is 9.53 Å². The zero-order valence-corrected chi connectivity index (χ0v) is 16.9. The number of carbonyl (C=O) groups excluding carboxylic acids is 1. The molecule has 1 unspecified atom stereocenters. The van der Waals surface area contributed by atoms with Crippen LogP contribution in [-0.2, 0) is 4.74 Å². The Hall–Kier alpha value is -0.730. The van der Waals surface area contributed by atoms with E-state index in [2.05, 4.69) is 32.8 Å². The van der Waals surface area contributed by atoms with E-state index in [0.29, 0.717) is 16.6 Å². The van der Waals surface area contributed by atoms with Crippen LogP contribution in [0.2, 0.25) is 0 Å². The standard InChI is InChI=1S/C18H23IN2O2S/c1-12-4-7-14(9-16(12)19)17(22)20-18(24)21(10-13-5-6-13)11-15-3-2-8-23-15/h4,7,9,13,15H,2-3,5-6,8,10-11H2,1H3,(H,20,22,24). The Bertz CT molecular complexity index is 627. The summed E-state index contributed by atoms with van der Waals surface area (Å²) < 4.78 is 6.82. The van der Waals surface area contributed by atoms with Crippen molar-refractivity contribution in [3.05, 3.63) is 32.9 Å². The Labute approximate surface area is 162 Å². The largest absolute Gasteiger partial charge is 0.376 e. The molecular weight excluding hydrogens is 435 g/mol. The molecule has 130 valence electrons. The van der Waals surface area contributed by atoms with Gasteiger partial charge in [-0.3, -0.25) is 10.1 Å². The molecular formula is C18H23IN2O2S. The second kappa shape index (κ2) is 8.10. The number of nitrogens with one attached hydrogen (secondary N) is 1. The summed E-state index contributed by atoms with van der Waals surface area (Å²) in [6.45, 7) is 4.57. The van der Waals surface area contributed by atoms with Crippen molar-refractivity contribution in [3.63, 3.8) is 0 Å². The third-order valence-corrected chi connectivity index (χ3v) is 6.09. The molecule has 1 saturated heterocycles. The van der Waals surface area contributed by atoms with Gasteiger partial charge in [-0.15, -0.1) is 0 Å². The molecule has 1 atom stereocenters. The van der Waals surface area contributed by atoms with E-state index in [-0.39, 0.29) is 12.0 Å². The van der Waals surface area contributed by atoms with Crippen molar-refractivity contribution in [1.82, 2.24) is 10.2 Å². The predicted octanol–water partition coefficient (Wildman–Crippen LogP) is 3.51. The van der Waals surface area contributed by atoms with E-state index in [9.17, 15) is 4.79 Å². The molecule has 1 aliphatic carbocycles. The highest BCUT2D eigenvalue weighted by Gasteiger charge is 2.28. The lowest BCUT2D eigenvalue weighted by Crippen LogP contribution is -2.46. The van der Waals surface area contributed by atoms with Crippen LogP contribution in [0.25, 0.3) is 0 Å². The van der Waals surface area contributed by atoms with Gasteiger partial charge in [-0.1, -0.05) is 6.07 Å². The lowest BCUT2D eigenvalue weighted by molar-refractivity contribution is 0.0879. The Morgan fingerprint density at radius 1 is 1.38 bits per heavy atom. The van der Waals surface area contributed by atoms with Gasteiger partial charge in [0.25, 0.3) is 5.91 Å². The molecule has 1 heterocycles. The maximum absolute atomic E-state index is 12.5. The van der Waals surface area contributed by atoms with Crippen molar-refractivity contribution in [2.75, 3.05) is 19.7 Å². The third-order valence-electron chi connectivity index (χ3n) is 4.57. The highest BCUT2D eigenvalue weighted by atomic mass is 127. The molecule has 6 heteroatoms. The zero-order valence-electron chi connectivity index (χ0n) is 13.9. The number of carbonyl (C=O) groups is 1. The fourth-order valence-electron chi connectivity index (χ4n) is 2.87. The quantitative estimate of drug-likeness (QED) is 0.542. The van der Waals surface area contributed by atoms with Gasteiger partial charge in [-0.05, 0) is 91.0 Å². The first-order chi connectivity index (χ1) is 11.5. The van der Waals surface area contributed by atoms with Crippen LogP contribution < -0.4 is 5.32 Å². The van der Waals surface area contributed by atoms with E-state index in [1.807, 2.05) is 25.1 Å². The SMILES string of the molecule is Cc1ccc(C(=O)NC(=S)N(CC2CC2)CC2CCCO2)cc1I. The summed E-state index contributed by atoms with van der Waals surface area (Å²) >= 11 is 7.78. The Kier molecular flexibility index (Phi) is 6.10. The number of rotatable bonds is 5. The number of ether oxygens (including phenoxy) is 1. The van der Waals surface area contributed by atoms with E-state index < -0.39 is 0 Å². The van der Waals surface area contributed by atoms with Gasteiger partial charge in [-0.25, -0.2) is 0 Å². The first kappa shape index (κ1) is 18.1. The maximum Gasteiger partial charge on any atom is 0.257 e. The van der Waals surface area contributed by atoms with Crippen molar-refractivity contribution in [2.45, 2.75) is 38.7 Å². The molecule has 4 nitrogen and oxygen atoms in total. The highest BCUT2D eigenvalue weighted by molar-refractivity contribution is 14.1. The molecule has 2 fully saturated rings. The molecule has 1 aromatic carbocycles. The number of benzene rings is 1. The van der Waals surface area contributed by atoms with E-state index >= 15 is 0 Å². The second-order valence-corrected chi connectivity index (χ2v) is 8.26. The number of halogens is 1. The van der Waals surface area contributed by atoms with Crippen LogP contribution in [0.3, 0.4) is 0 Å². The van der Waals surface area contributed by atoms with Crippen LogP contribution in [0.4, 0.5) is 0 Å². The van der Waals surface area contributed by atoms with Crippen molar-refractivity contribution in [1.29, 1.82) is 0 Å². The van der Waals surface area contributed by atoms with E-state index in [1.165, 1.54) is 18.4 Å². The Morgan fingerprint density at radius 3 is 2.79 bits per heavy atom. The average molecular weight is 458 g/mol. The van der Waals surface area contributed by atoms with Gasteiger partial charge in [0.05, 0.1) is 6.10 Å². The first-order valence-corrected chi connectivity index (χ1v) is 9.99. The lowest BCUT2D eigenvalue weighted by Gasteiger charge is -2.28. The van der Waals surface area contributed by atoms with Gasteiger partial charge in [0.1, 0.15) is 0 Å². The number of hydrogen-bond donors (Lipinski definition) is 1. The fraction of sp³-hybridized carbons (Fsp3) is 0.556. The topological polar surface area (TPSA) is 41.6 Å². The Morgan fingerprint density at radius 2 is 2.17 bits per heavy atom. The third kappa shape index (κ3) is 4.89. The van der Waals surface area contributed by atoms with Gasteiger partial charge in [0.2, 0.25) is 0 Å². The van der Waals surface area contributed by atoms with Crippen LogP contribution in [0, 0.1) is 16.4 Å². The molecule has 0 aromatic heterocycles. The van der Waals surface area contributed by atoms with Crippen LogP contribution in [-0.4, -0.2) is 41.7 Å². The predicted molar refractivity (Wildman–Crippen MR) is 107 cm³/mol. The minimum Gasteiger partial charge on any atom is -0.376 e. The normalized spacial score (nSPS) is 20.0. The van der Waals surface area contributed by atoms with Crippen LogP contribution in [0.5, 0.6) is 0 Å². The molecule has 0 bridgehead atoms. The second-order valence-electron chi connectivity index (χ2n) is 6.71. The zero-order chi connectivity index (χ0) is 17.1. The summed E-state index contributed by atoms with van der Waals surface area (Å²) in [5, 5.41) is 3.44. The van der Waals surface area contributed by atoms with Crippen LogP contribution in [0.15, 0.2) is 18.2 Å². The first-order valence-electron chi connectivity index (χ1n) is 8.51. The number of thiocarbonyl (C=S) groups is 1. The molecule has 1 N–H and O–H groups in total. The van der Waals surface area contributed by atoms with Crippen molar-refractivity contribution >= 4 is 45.8 Å². The maximum atomic E-state index is 12.5. The summed E-state index contributed by atoms with van der Waals surface area (Å²) in [6.07, 6.45) is 4.94. The minimum absolute atomic E-state index is 0.133.